The molecule has 0 aliphatic rings. The van der Waals surface area contributed by atoms with E-state index in [1.807, 2.05) is 42.0 Å². The third-order valence-corrected chi connectivity index (χ3v) is 4.20. The van der Waals surface area contributed by atoms with Crippen LogP contribution in [0.3, 0.4) is 0 Å². The maximum atomic E-state index is 12.1. The zero-order valence-electron chi connectivity index (χ0n) is 13.4. The van der Waals surface area contributed by atoms with Crippen molar-refractivity contribution in [2.24, 2.45) is 0 Å². The van der Waals surface area contributed by atoms with E-state index in [4.69, 9.17) is 0 Å². The predicted octanol–water partition coefficient (Wildman–Crippen LogP) is 3.21. The summed E-state index contributed by atoms with van der Waals surface area (Å²) >= 11 is 1.42. The number of imidazole rings is 1. The summed E-state index contributed by atoms with van der Waals surface area (Å²) in [6.07, 6.45) is 6.27. The molecule has 2 aromatic heterocycles. The quantitative estimate of drug-likeness (QED) is 0.647. The van der Waals surface area contributed by atoms with Crippen LogP contribution in [0.15, 0.2) is 48.4 Å². The van der Waals surface area contributed by atoms with Crippen molar-refractivity contribution in [3.8, 4) is 0 Å². The van der Waals surface area contributed by atoms with E-state index in [1.54, 1.807) is 17.9 Å². The standard InChI is InChI=1S/C17H19N5OS/c1-13-4-2-5-14(10-13)20-17-21-15(11-24-17)16(23)19-6-3-8-22-9-7-18-12-22/h2,4-5,7,9-12H,3,6,8H2,1H3,(H,19,23)(H,20,21). The number of carbonyl (C=O) groups is 1. The first kappa shape index (κ1) is 16.2. The Morgan fingerprint density at radius 3 is 3.08 bits per heavy atom. The lowest BCUT2D eigenvalue weighted by molar-refractivity contribution is 0.0948. The summed E-state index contributed by atoms with van der Waals surface area (Å²) in [7, 11) is 0. The molecule has 2 heterocycles. The number of nitrogens with one attached hydrogen (secondary N) is 2. The first-order valence-electron chi connectivity index (χ1n) is 7.74. The van der Waals surface area contributed by atoms with Crippen molar-refractivity contribution in [1.82, 2.24) is 19.9 Å². The summed E-state index contributed by atoms with van der Waals surface area (Å²) in [4.78, 5) is 20.4. The van der Waals surface area contributed by atoms with E-state index in [0.29, 0.717) is 17.4 Å². The van der Waals surface area contributed by atoms with Gasteiger partial charge in [-0.25, -0.2) is 9.97 Å². The topological polar surface area (TPSA) is 71.8 Å². The van der Waals surface area contributed by atoms with E-state index in [1.165, 1.54) is 16.9 Å². The van der Waals surface area contributed by atoms with Crippen LogP contribution < -0.4 is 10.6 Å². The maximum absolute atomic E-state index is 12.1. The van der Waals surface area contributed by atoms with Crippen LogP contribution in [0.5, 0.6) is 0 Å². The van der Waals surface area contributed by atoms with Gasteiger partial charge in [0.1, 0.15) is 5.69 Å². The highest BCUT2D eigenvalue weighted by Gasteiger charge is 2.10. The normalized spacial score (nSPS) is 10.5. The SMILES string of the molecule is Cc1cccc(Nc2nc(C(=O)NCCCn3ccnc3)cs2)c1. The Morgan fingerprint density at radius 2 is 2.29 bits per heavy atom. The molecular formula is C17H19N5OS. The van der Waals surface area contributed by atoms with E-state index in [-0.39, 0.29) is 5.91 Å². The first-order chi connectivity index (χ1) is 11.7. The van der Waals surface area contributed by atoms with Crippen molar-refractivity contribution in [2.45, 2.75) is 19.9 Å². The number of amides is 1. The Labute approximate surface area is 144 Å². The van der Waals surface area contributed by atoms with E-state index in [9.17, 15) is 4.79 Å². The van der Waals surface area contributed by atoms with Crippen LogP contribution in [0.2, 0.25) is 0 Å². The predicted molar refractivity (Wildman–Crippen MR) is 95.8 cm³/mol. The lowest BCUT2D eigenvalue weighted by Gasteiger charge is -2.04. The Hall–Kier alpha value is -2.67. The van der Waals surface area contributed by atoms with Gasteiger partial charge in [0.15, 0.2) is 5.13 Å². The second-order valence-corrected chi connectivity index (χ2v) is 6.30. The van der Waals surface area contributed by atoms with E-state index in [2.05, 4.69) is 20.6 Å². The molecule has 0 spiro atoms. The van der Waals surface area contributed by atoms with E-state index < -0.39 is 0 Å². The molecule has 0 saturated carbocycles. The minimum atomic E-state index is -0.144. The van der Waals surface area contributed by atoms with Gasteiger partial charge >= 0.3 is 0 Å². The van der Waals surface area contributed by atoms with Gasteiger partial charge in [0.05, 0.1) is 6.33 Å². The molecule has 0 atom stereocenters. The average molecular weight is 341 g/mol. The number of rotatable bonds is 7. The Kier molecular flexibility index (Phi) is 5.22. The van der Waals surface area contributed by atoms with Crippen LogP contribution in [-0.2, 0) is 6.54 Å². The fourth-order valence-electron chi connectivity index (χ4n) is 2.25. The molecule has 24 heavy (non-hydrogen) atoms. The molecule has 1 aromatic carbocycles. The number of thiazole rings is 1. The summed E-state index contributed by atoms with van der Waals surface area (Å²) in [5, 5.41) is 8.59. The second-order valence-electron chi connectivity index (χ2n) is 5.44. The van der Waals surface area contributed by atoms with Gasteiger partial charge in [0.2, 0.25) is 0 Å². The molecule has 3 aromatic rings. The number of nitrogens with zero attached hydrogens (tertiary/aromatic N) is 3. The van der Waals surface area contributed by atoms with Crippen molar-refractivity contribution in [3.05, 3.63) is 59.6 Å². The molecule has 2 N–H and O–H groups in total. The summed E-state index contributed by atoms with van der Waals surface area (Å²) < 4.78 is 1.98. The van der Waals surface area contributed by atoms with Crippen LogP contribution in [0, 0.1) is 6.92 Å². The van der Waals surface area contributed by atoms with Crippen LogP contribution in [-0.4, -0.2) is 27.0 Å². The number of aryl methyl sites for hydroxylation is 2. The van der Waals surface area contributed by atoms with Gasteiger partial charge in [-0.3, -0.25) is 4.79 Å². The zero-order valence-corrected chi connectivity index (χ0v) is 14.2. The maximum Gasteiger partial charge on any atom is 0.270 e. The first-order valence-corrected chi connectivity index (χ1v) is 8.62. The monoisotopic (exact) mass is 341 g/mol. The van der Waals surface area contributed by atoms with E-state index >= 15 is 0 Å². The van der Waals surface area contributed by atoms with Crippen molar-refractivity contribution >= 4 is 28.1 Å². The minimum Gasteiger partial charge on any atom is -0.351 e. The molecular weight excluding hydrogens is 322 g/mol. The average Bonchev–Trinajstić information content (AvgIpc) is 3.23. The molecule has 3 rings (SSSR count). The Bertz CT molecular complexity index is 797. The number of anilines is 2. The smallest absolute Gasteiger partial charge is 0.270 e. The van der Waals surface area contributed by atoms with Gasteiger partial charge in [-0.1, -0.05) is 12.1 Å². The Morgan fingerprint density at radius 1 is 1.38 bits per heavy atom. The highest BCUT2D eigenvalue weighted by molar-refractivity contribution is 7.14. The number of benzene rings is 1. The third kappa shape index (κ3) is 4.42. The fourth-order valence-corrected chi connectivity index (χ4v) is 2.97. The van der Waals surface area contributed by atoms with Crippen LogP contribution in [0.4, 0.5) is 10.8 Å². The molecule has 0 aliphatic heterocycles. The molecule has 124 valence electrons. The molecule has 0 unspecified atom stereocenters. The van der Waals surface area contributed by atoms with E-state index in [0.717, 1.165) is 18.7 Å². The van der Waals surface area contributed by atoms with Gasteiger partial charge < -0.3 is 15.2 Å². The molecule has 1 amide bonds. The number of hydrogen-bond acceptors (Lipinski definition) is 5. The highest BCUT2D eigenvalue weighted by Crippen LogP contribution is 2.21. The lowest BCUT2D eigenvalue weighted by atomic mass is 10.2. The molecule has 0 saturated heterocycles. The molecule has 7 heteroatoms. The number of hydrogen-bond donors (Lipinski definition) is 2. The van der Waals surface area contributed by atoms with Gasteiger partial charge in [0.25, 0.3) is 5.91 Å². The highest BCUT2D eigenvalue weighted by atomic mass is 32.1. The van der Waals surface area contributed by atoms with Crippen molar-refractivity contribution in [2.75, 3.05) is 11.9 Å². The summed E-state index contributed by atoms with van der Waals surface area (Å²) in [5.41, 5.74) is 2.59. The largest absolute Gasteiger partial charge is 0.351 e. The number of carbonyl (C=O) groups excluding carboxylic acids is 1. The fraction of sp³-hybridized carbons (Fsp3) is 0.235. The molecule has 0 aliphatic carbocycles. The lowest BCUT2D eigenvalue weighted by Crippen LogP contribution is -2.25. The summed E-state index contributed by atoms with van der Waals surface area (Å²) in [6, 6.07) is 8.04. The Balaban J connectivity index is 1.48. The minimum absolute atomic E-state index is 0.144. The summed E-state index contributed by atoms with van der Waals surface area (Å²) in [5.74, 6) is -0.144. The zero-order chi connectivity index (χ0) is 16.8. The van der Waals surface area contributed by atoms with Gasteiger partial charge in [-0.2, -0.15) is 0 Å². The van der Waals surface area contributed by atoms with Crippen molar-refractivity contribution in [1.29, 1.82) is 0 Å². The van der Waals surface area contributed by atoms with Crippen LogP contribution in [0.1, 0.15) is 22.5 Å². The summed E-state index contributed by atoms with van der Waals surface area (Å²) in [6.45, 7) is 3.47. The molecule has 0 radical (unpaired) electrons. The number of aromatic nitrogens is 3. The van der Waals surface area contributed by atoms with Crippen LogP contribution >= 0.6 is 11.3 Å². The van der Waals surface area contributed by atoms with Crippen molar-refractivity contribution < 1.29 is 4.79 Å². The van der Waals surface area contributed by atoms with Gasteiger partial charge in [-0.05, 0) is 31.0 Å². The van der Waals surface area contributed by atoms with Gasteiger partial charge in [0, 0.05) is 36.6 Å². The molecule has 6 nitrogen and oxygen atoms in total. The third-order valence-electron chi connectivity index (χ3n) is 3.44. The second kappa shape index (κ2) is 7.74. The van der Waals surface area contributed by atoms with Crippen molar-refractivity contribution in [3.63, 3.8) is 0 Å². The van der Waals surface area contributed by atoms with Crippen LogP contribution in [0.25, 0.3) is 0 Å². The molecule has 0 bridgehead atoms. The molecule has 0 fully saturated rings. The van der Waals surface area contributed by atoms with Gasteiger partial charge in [-0.15, -0.1) is 11.3 Å².